The molecule has 88 valence electrons. The molecule has 0 aliphatic carbocycles. The van der Waals surface area contributed by atoms with E-state index in [0.29, 0.717) is 24.4 Å². The highest BCUT2D eigenvalue weighted by Crippen LogP contribution is 2.12. The number of carboxylic acid groups (broad SMARTS) is 1. The molecule has 0 spiro atoms. The molecule has 8 heteroatoms. The zero-order chi connectivity index (χ0) is 12.1. The van der Waals surface area contributed by atoms with Gasteiger partial charge in [0.2, 0.25) is 0 Å². The third-order valence-electron chi connectivity index (χ3n) is 2.11. The first-order valence-corrected chi connectivity index (χ1v) is 5.00. The number of aryl methyl sites for hydroxylation is 1. The molecule has 0 aliphatic rings. The van der Waals surface area contributed by atoms with E-state index in [1.54, 1.807) is 17.1 Å². The second kappa shape index (κ2) is 5.10. The van der Waals surface area contributed by atoms with E-state index < -0.39 is 5.97 Å². The predicted molar refractivity (Wildman–Crippen MR) is 55.7 cm³/mol. The summed E-state index contributed by atoms with van der Waals surface area (Å²) in [5.74, 6) is -0.293. The quantitative estimate of drug-likeness (QED) is 0.775. The van der Waals surface area contributed by atoms with Gasteiger partial charge < -0.3 is 5.11 Å². The van der Waals surface area contributed by atoms with Crippen LogP contribution in [0.4, 0.5) is 0 Å². The van der Waals surface area contributed by atoms with Gasteiger partial charge in [0.15, 0.2) is 5.82 Å². The highest BCUT2D eigenvalue weighted by Gasteiger charge is 2.09. The van der Waals surface area contributed by atoms with E-state index >= 15 is 0 Å². The first kappa shape index (κ1) is 11.1. The second-order valence-corrected chi connectivity index (χ2v) is 3.35. The van der Waals surface area contributed by atoms with Crippen LogP contribution in [0.5, 0.6) is 0 Å². The molecule has 0 saturated heterocycles. The molecule has 2 heterocycles. The standard InChI is InChI=1S/C9H10N6O2/c16-8(17)2-1-3-15-9(12-13-14-15)7-4-10-6-11-5-7/h4-6H,1-3H2,(H,16,17). The van der Waals surface area contributed by atoms with E-state index in [-0.39, 0.29) is 6.42 Å². The highest BCUT2D eigenvalue weighted by molar-refractivity contribution is 5.66. The van der Waals surface area contributed by atoms with E-state index in [0.717, 1.165) is 0 Å². The summed E-state index contributed by atoms with van der Waals surface area (Å²) in [5.41, 5.74) is 0.702. The summed E-state index contributed by atoms with van der Waals surface area (Å²) in [6, 6.07) is 0. The van der Waals surface area contributed by atoms with Crippen molar-refractivity contribution < 1.29 is 9.90 Å². The Morgan fingerprint density at radius 1 is 1.35 bits per heavy atom. The van der Waals surface area contributed by atoms with Gasteiger partial charge in [-0.2, -0.15) is 0 Å². The molecule has 0 radical (unpaired) electrons. The number of carboxylic acids is 1. The maximum atomic E-state index is 10.4. The maximum Gasteiger partial charge on any atom is 0.303 e. The fraction of sp³-hybridized carbons (Fsp3) is 0.333. The average molecular weight is 234 g/mol. The molecule has 2 aromatic rings. The summed E-state index contributed by atoms with van der Waals surface area (Å²) in [6.45, 7) is 0.448. The fourth-order valence-corrected chi connectivity index (χ4v) is 1.36. The lowest BCUT2D eigenvalue weighted by Gasteiger charge is -2.02. The Morgan fingerprint density at radius 3 is 2.82 bits per heavy atom. The molecule has 0 amide bonds. The van der Waals surface area contributed by atoms with E-state index in [4.69, 9.17) is 5.11 Å². The van der Waals surface area contributed by atoms with Crippen molar-refractivity contribution in [2.45, 2.75) is 19.4 Å². The molecule has 0 saturated carbocycles. The van der Waals surface area contributed by atoms with Gasteiger partial charge in [-0.1, -0.05) is 0 Å². The Hall–Kier alpha value is -2.38. The summed E-state index contributed by atoms with van der Waals surface area (Å²) >= 11 is 0. The van der Waals surface area contributed by atoms with Gasteiger partial charge in [0.1, 0.15) is 6.33 Å². The third-order valence-corrected chi connectivity index (χ3v) is 2.11. The minimum absolute atomic E-state index is 0.0879. The van der Waals surface area contributed by atoms with Crippen LogP contribution in [0.25, 0.3) is 11.4 Å². The van der Waals surface area contributed by atoms with Crippen molar-refractivity contribution in [1.82, 2.24) is 30.2 Å². The number of aliphatic carboxylic acids is 1. The van der Waals surface area contributed by atoms with Crippen LogP contribution in [0, 0.1) is 0 Å². The molecule has 0 aliphatic heterocycles. The SMILES string of the molecule is O=C(O)CCCn1nnnc1-c1cncnc1. The molecule has 2 rings (SSSR count). The smallest absolute Gasteiger partial charge is 0.303 e. The third kappa shape index (κ3) is 2.80. The van der Waals surface area contributed by atoms with Crippen LogP contribution in [-0.4, -0.2) is 41.3 Å². The largest absolute Gasteiger partial charge is 0.481 e. The lowest BCUT2D eigenvalue weighted by atomic mass is 10.3. The molecule has 2 aromatic heterocycles. The van der Waals surface area contributed by atoms with Crippen molar-refractivity contribution in [1.29, 1.82) is 0 Å². The molecule has 0 unspecified atom stereocenters. The van der Waals surface area contributed by atoms with Crippen LogP contribution < -0.4 is 0 Å². The number of tetrazole rings is 1. The number of carbonyl (C=O) groups is 1. The van der Waals surface area contributed by atoms with Crippen LogP contribution in [0.1, 0.15) is 12.8 Å². The van der Waals surface area contributed by atoms with Crippen LogP contribution >= 0.6 is 0 Å². The van der Waals surface area contributed by atoms with Gasteiger partial charge in [-0.3, -0.25) is 4.79 Å². The molecule has 0 aromatic carbocycles. The van der Waals surface area contributed by atoms with Crippen molar-refractivity contribution in [2.75, 3.05) is 0 Å². The summed E-state index contributed by atoms with van der Waals surface area (Å²) in [4.78, 5) is 18.2. The summed E-state index contributed by atoms with van der Waals surface area (Å²) in [7, 11) is 0. The lowest BCUT2D eigenvalue weighted by Crippen LogP contribution is -2.05. The van der Waals surface area contributed by atoms with Crippen molar-refractivity contribution >= 4 is 5.97 Å². The number of rotatable bonds is 5. The van der Waals surface area contributed by atoms with Gasteiger partial charge in [0.05, 0.1) is 5.56 Å². The minimum atomic E-state index is -0.831. The topological polar surface area (TPSA) is 107 Å². The summed E-state index contributed by atoms with van der Waals surface area (Å²) < 4.78 is 1.54. The molecule has 8 nitrogen and oxygen atoms in total. The van der Waals surface area contributed by atoms with Gasteiger partial charge in [-0.25, -0.2) is 14.6 Å². The zero-order valence-corrected chi connectivity index (χ0v) is 8.89. The Labute approximate surface area is 96.3 Å². The highest BCUT2D eigenvalue weighted by atomic mass is 16.4. The summed E-state index contributed by atoms with van der Waals surface area (Å²) in [5, 5.41) is 19.8. The Kier molecular flexibility index (Phi) is 3.34. The Bertz CT molecular complexity index is 497. The van der Waals surface area contributed by atoms with Gasteiger partial charge in [-0.15, -0.1) is 5.10 Å². The average Bonchev–Trinajstić information content (AvgIpc) is 2.78. The zero-order valence-electron chi connectivity index (χ0n) is 8.89. The van der Waals surface area contributed by atoms with Crippen molar-refractivity contribution in [3.63, 3.8) is 0 Å². The van der Waals surface area contributed by atoms with E-state index in [1.165, 1.54) is 6.33 Å². The normalized spacial score (nSPS) is 10.4. The van der Waals surface area contributed by atoms with Gasteiger partial charge in [0.25, 0.3) is 0 Å². The van der Waals surface area contributed by atoms with E-state index in [9.17, 15) is 4.79 Å². The Morgan fingerprint density at radius 2 is 2.12 bits per heavy atom. The number of hydrogen-bond acceptors (Lipinski definition) is 6. The molecular formula is C9H10N6O2. The van der Waals surface area contributed by atoms with Crippen molar-refractivity contribution in [3.8, 4) is 11.4 Å². The second-order valence-electron chi connectivity index (χ2n) is 3.35. The van der Waals surface area contributed by atoms with E-state index in [1.807, 2.05) is 0 Å². The molecule has 17 heavy (non-hydrogen) atoms. The molecule has 0 bridgehead atoms. The van der Waals surface area contributed by atoms with Crippen LogP contribution in [0.3, 0.4) is 0 Å². The number of hydrogen-bond donors (Lipinski definition) is 1. The van der Waals surface area contributed by atoms with Gasteiger partial charge in [-0.05, 0) is 16.8 Å². The maximum absolute atomic E-state index is 10.4. The van der Waals surface area contributed by atoms with Gasteiger partial charge >= 0.3 is 5.97 Å². The Balaban J connectivity index is 2.10. The van der Waals surface area contributed by atoms with Crippen LogP contribution in [0.2, 0.25) is 0 Å². The molecule has 0 fully saturated rings. The fourth-order valence-electron chi connectivity index (χ4n) is 1.36. The number of aromatic nitrogens is 6. The van der Waals surface area contributed by atoms with E-state index in [2.05, 4.69) is 25.5 Å². The summed E-state index contributed by atoms with van der Waals surface area (Å²) in [6.07, 6.45) is 5.19. The minimum Gasteiger partial charge on any atom is -0.481 e. The molecule has 0 atom stereocenters. The van der Waals surface area contributed by atoms with Crippen molar-refractivity contribution in [2.24, 2.45) is 0 Å². The first-order valence-electron chi connectivity index (χ1n) is 5.00. The monoisotopic (exact) mass is 234 g/mol. The number of nitrogens with zero attached hydrogens (tertiary/aromatic N) is 6. The predicted octanol–water partition coefficient (Wildman–Crippen LogP) is -0.00510. The molecular weight excluding hydrogens is 224 g/mol. The lowest BCUT2D eigenvalue weighted by molar-refractivity contribution is -0.137. The van der Waals surface area contributed by atoms with Crippen LogP contribution in [0.15, 0.2) is 18.7 Å². The first-order chi connectivity index (χ1) is 8.27. The van der Waals surface area contributed by atoms with Gasteiger partial charge in [0, 0.05) is 25.4 Å². The van der Waals surface area contributed by atoms with Crippen molar-refractivity contribution in [3.05, 3.63) is 18.7 Å². The molecule has 1 N–H and O–H groups in total. The van der Waals surface area contributed by atoms with Crippen LogP contribution in [-0.2, 0) is 11.3 Å².